The molecule has 172 valence electrons. The van der Waals surface area contributed by atoms with Crippen LogP contribution in [0.1, 0.15) is 11.1 Å². The molecule has 0 radical (unpaired) electrons. The number of hydrogen-bond donors (Lipinski definition) is 0. The Labute approximate surface area is 187 Å². The summed E-state index contributed by atoms with van der Waals surface area (Å²) in [6.07, 6.45) is 0.259. The first-order valence-corrected chi connectivity index (χ1v) is 9.72. The Balaban J connectivity index is 2.55. The zero-order valence-electron chi connectivity index (χ0n) is 19.1. The number of methoxy groups -OCH3 is 6. The molecular weight excluding hydrogens is 416 g/mol. The van der Waals surface area contributed by atoms with Gasteiger partial charge in [-0.2, -0.15) is 0 Å². The van der Waals surface area contributed by atoms with E-state index in [9.17, 15) is 9.59 Å². The molecule has 0 aromatic heterocycles. The first kappa shape index (κ1) is 24.6. The van der Waals surface area contributed by atoms with Gasteiger partial charge in [-0.05, 0) is 35.4 Å². The minimum Gasteiger partial charge on any atom is -0.493 e. The first-order chi connectivity index (χ1) is 15.4. The Morgan fingerprint density at radius 2 is 0.906 bits per heavy atom. The first-order valence-electron chi connectivity index (χ1n) is 9.72. The van der Waals surface area contributed by atoms with E-state index in [1.54, 1.807) is 36.4 Å². The van der Waals surface area contributed by atoms with Gasteiger partial charge in [0.15, 0.2) is 23.0 Å². The molecule has 0 heterocycles. The minimum absolute atomic E-state index is 0.130. The third-order valence-corrected chi connectivity index (χ3v) is 4.89. The highest BCUT2D eigenvalue weighted by molar-refractivity contribution is 6.01. The van der Waals surface area contributed by atoms with Gasteiger partial charge in [0.2, 0.25) is 0 Å². The number of carbonyl (C=O) groups excluding carboxylic acids is 2. The van der Waals surface area contributed by atoms with Crippen LogP contribution in [0, 0.1) is 0 Å². The second-order valence-electron chi connectivity index (χ2n) is 6.67. The Morgan fingerprint density at radius 1 is 0.562 bits per heavy atom. The Bertz CT molecular complexity index is 914. The van der Waals surface area contributed by atoms with Gasteiger partial charge in [-0.25, -0.2) is 9.59 Å². The molecule has 0 aliphatic rings. The standard InChI is InChI=1S/C24H28O8/c1-27-19-9-7-15(13-21(19)29-3)11-17(23(25)31-5)18(24(26)32-6)12-16-8-10-20(28-2)22(14-16)30-4/h7-10,13-14H,11-12H2,1-6H3/b18-17-. The number of ether oxygens (including phenoxy) is 6. The molecule has 0 fully saturated rings. The van der Waals surface area contributed by atoms with Crippen LogP contribution in [0.4, 0.5) is 0 Å². The lowest BCUT2D eigenvalue weighted by molar-refractivity contribution is -0.139. The van der Waals surface area contributed by atoms with Crippen LogP contribution in [-0.2, 0) is 31.9 Å². The van der Waals surface area contributed by atoms with Crippen molar-refractivity contribution in [2.75, 3.05) is 42.7 Å². The van der Waals surface area contributed by atoms with E-state index in [2.05, 4.69) is 0 Å². The van der Waals surface area contributed by atoms with Gasteiger partial charge >= 0.3 is 11.9 Å². The minimum atomic E-state index is -0.624. The molecule has 0 aliphatic heterocycles. The molecule has 0 atom stereocenters. The van der Waals surface area contributed by atoms with Gasteiger partial charge in [-0.3, -0.25) is 0 Å². The zero-order valence-corrected chi connectivity index (χ0v) is 19.1. The van der Waals surface area contributed by atoms with Crippen molar-refractivity contribution in [3.05, 3.63) is 58.7 Å². The van der Waals surface area contributed by atoms with E-state index >= 15 is 0 Å². The molecule has 0 unspecified atom stereocenters. The zero-order chi connectivity index (χ0) is 23.7. The summed E-state index contributed by atoms with van der Waals surface area (Å²) in [6.45, 7) is 0. The molecule has 2 rings (SSSR count). The van der Waals surface area contributed by atoms with Gasteiger partial charge in [-0.15, -0.1) is 0 Å². The number of rotatable bonds is 10. The second-order valence-corrected chi connectivity index (χ2v) is 6.67. The molecule has 0 aliphatic carbocycles. The number of benzene rings is 2. The number of hydrogen-bond acceptors (Lipinski definition) is 8. The van der Waals surface area contributed by atoms with E-state index in [0.717, 1.165) is 11.1 Å². The molecule has 8 heteroatoms. The SMILES string of the molecule is COC(=O)/C(Cc1ccc(OC)c(OC)c1)=C(/Cc1ccc(OC)c(OC)c1)C(=O)OC. The van der Waals surface area contributed by atoms with Gasteiger partial charge in [0, 0.05) is 12.8 Å². The smallest absolute Gasteiger partial charge is 0.334 e. The summed E-state index contributed by atoms with van der Waals surface area (Å²) in [5.41, 5.74) is 1.83. The topological polar surface area (TPSA) is 89.5 Å². The lowest BCUT2D eigenvalue weighted by atomic mass is 9.94. The normalized spacial score (nSPS) is 11.2. The molecule has 32 heavy (non-hydrogen) atoms. The third kappa shape index (κ3) is 5.72. The van der Waals surface area contributed by atoms with E-state index in [1.165, 1.54) is 42.7 Å². The Kier molecular flexibility index (Phi) is 8.95. The van der Waals surface area contributed by atoms with Crippen molar-refractivity contribution in [1.29, 1.82) is 0 Å². The highest BCUT2D eigenvalue weighted by Gasteiger charge is 2.24. The van der Waals surface area contributed by atoms with Crippen molar-refractivity contribution in [2.45, 2.75) is 12.8 Å². The maximum absolute atomic E-state index is 12.7. The maximum atomic E-state index is 12.7. The summed E-state index contributed by atoms with van der Waals surface area (Å²) < 4.78 is 31.2. The predicted octanol–water partition coefficient (Wildman–Crippen LogP) is 3.15. The summed E-state index contributed by atoms with van der Waals surface area (Å²) in [6, 6.07) is 10.5. The van der Waals surface area contributed by atoms with Gasteiger partial charge < -0.3 is 28.4 Å². The van der Waals surface area contributed by atoms with Crippen LogP contribution in [0.2, 0.25) is 0 Å². The molecular formula is C24H28O8. The summed E-state index contributed by atoms with van der Waals surface area (Å²) in [7, 11) is 8.65. The van der Waals surface area contributed by atoms with E-state index in [0.29, 0.717) is 23.0 Å². The fraction of sp³-hybridized carbons (Fsp3) is 0.333. The van der Waals surface area contributed by atoms with Crippen LogP contribution in [0.15, 0.2) is 47.5 Å². The van der Waals surface area contributed by atoms with Crippen LogP contribution in [-0.4, -0.2) is 54.6 Å². The number of carbonyl (C=O) groups is 2. The van der Waals surface area contributed by atoms with E-state index < -0.39 is 11.9 Å². The van der Waals surface area contributed by atoms with Crippen LogP contribution in [0.3, 0.4) is 0 Å². The maximum Gasteiger partial charge on any atom is 0.334 e. The molecule has 0 amide bonds. The second kappa shape index (κ2) is 11.6. The lowest BCUT2D eigenvalue weighted by Gasteiger charge is -2.15. The quantitative estimate of drug-likeness (QED) is 0.408. The van der Waals surface area contributed by atoms with Crippen molar-refractivity contribution in [3.63, 3.8) is 0 Å². The van der Waals surface area contributed by atoms with Gasteiger partial charge in [-0.1, -0.05) is 12.1 Å². The van der Waals surface area contributed by atoms with Crippen LogP contribution in [0.5, 0.6) is 23.0 Å². The van der Waals surface area contributed by atoms with E-state index in [-0.39, 0.29) is 24.0 Å². The van der Waals surface area contributed by atoms with Crippen LogP contribution < -0.4 is 18.9 Å². The highest BCUT2D eigenvalue weighted by atomic mass is 16.5. The Hall–Kier alpha value is -3.68. The monoisotopic (exact) mass is 444 g/mol. The summed E-state index contributed by atoms with van der Waals surface area (Å²) >= 11 is 0. The fourth-order valence-corrected chi connectivity index (χ4v) is 3.24. The molecule has 0 N–H and O–H groups in total. The largest absolute Gasteiger partial charge is 0.493 e. The van der Waals surface area contributed by atoms with Crippen molar-refractivity contribution in [3.8, 4) is 23.0 Å². The summed E-state index contributed by atoms with van der Waals surface area (Å²) in [5.74, 6) is 0.875. The lowest BCUT2D eigenvalue weighted by Crippen LogP contribution is -2.18. The number of esters is 2. The van der Waals surface area contributed by atoms with Gasteiger partial charge in [0.25, 0.3) is 0 Å². The average Bonchev–Trinajstić information content (AvgIpc) is 2.84. The van der Waals surface area contributed by atoms with Crippen LogP contribution in [0.25, 0.3) is 0 Å². The Morgan fingerprint density at radius 3 is 1.19 bits per heavy atom. The fourth-order valence-electron chi connectivity index (χ4n) is 3.24. The molecule has 2 aromatic carbocycles. The molecule has 8 nitrogen and oxygen atoms in total. The molecule has 2 aromatic rings. The molecule has 0 saturated carbocycles. The molecule has 0 bridgehead atoms. The van der Waals surface area contributed by atoms with Gasteiger partial charge in [0.05, 0.1) is 53.8 Å². The van der Waals surface area contributed by atoms with Gasteiger partial charge in [0.1, 0.15) is 0 Å². The van der Waals surface area contributed by atoms with E-state index in [1.807, 2.05) is 0 Å². The van der Waals surface area contributed by atoms with Crippen molar-refractivity contribution in [2.24, 2.45) is 0 Å². The van der Waals surface area contributed by atoms with Crippen molar-refractivity contribution < 1.29 is 38.0 Å². The summed E-state index contributed by atoms with van der Waals surface area (Å²) in [5, 5.41) is 0. The predicted molar refractivity (Wildman–Crippen MR) is 118 cm³/mol. The summed E-state index contributed by atoms with van der Waals surface area (Å²) in [4.78, 5) is 25.4. The van der Waals surface area contributed by atoms with Crippen molar-refractivity contribution >= 4 is 11.9 Å². The average molecular weight is 444 g/mol. The van der Waals surface area contributed by atoms with Crippen LogP contribution >= 0.6 is 0 Å². The van der Waals surface area contributed by atoms with Crippen molar-refractivity contribution in [1.82, 2.24) is 0 Å². The molecule has 0 saturated heterocycles. The highest BCUT2D eigenvalue weighted by Crippen LogP contribution is 2.31. The van der Waals surface area contributed by atoms with E-state index in [4.69, 9.17) is 28.4 Å². The third-order valence-electron chi connectivity index (χ3n) is 4.89. The molecule has 0 spiro atoms.